The van der Waals surface area contributed by atoms with Gasteiger partial charge in [0.2, 0.25) is 0 Å². The lowest BCUT2D eigenvalue weighted by Gasteiger charge is -2.40. The van der Waals surface area contributed by atoms with Gasteiger partial charge in [-0.3, -0.25) is 9.78 Å². The predicted octanol–water partition coefficient (Wildman–Crippen LogP) is 3.47. The molecule has 1 saturated carbocycles. The van der Waals surface area contributed by atoms with Gasteiger partial charge in [0, 0.05) is 24.1 Å². The lowest BCUT2D eigenvalue weighted by Crippen LogP contribution is -2.52. The maximum atomic E-state index is 12.3. The van der Waals surface area contributed by atoms with Gasteiger partial charge in [0.25, 0.3) is 0 Å². The van der Waals surface area contributed by atoms with Crippen LogP contribution in [0.5, 0.6) is 11.5 Å². The Labute approximate surface area is 195 Å². The van der Waals surface area contributed by atoms with E-state index in [1.54, 1.807) is 37.4 Å². The zero-order valence-corrected chi connectivity index (χ0v) is 18.4. The third-order valence-corrected chi connectivity index (χ3v) is 7.01. The molecule has 3 N–H and O–H groups in total. The van der Waals surface area contributed by atoms with Gasteiger partial charge in [-0.2, -0.15) is 0 Å². The summed E-state index contributed by atoms with van der Waals surface area (Å²) in [7, 11) is 1.55. The molecule has 5 rings (SSSR count). The molecule has 1 aromatic heterocycles. The van der Waals surface area contributed by atoms with Crippen molar-refractivity contribution >= 4 is 17.6 Å². The Morgan fingerprint density at radius 1 is 1.18 bits per heavy atom. The van der Waals surface area contributed by atoms with Crippen LogP contribution in [-0.2, 0) is 16.0 Å². The third kappa shape index (κ3) is 2.96. The molecule has 0 unspecified atom stereocenters. The van der Waals surface area contributed by atoms with Crippen LogP contribution < -0.4 is 9.47 Å². The van der Waals surface area contributed by atoms with Gasteiger partial charge in [-0.15, -0.1) is 0 Å². The highest BCUT2D eigenvalue weighted by Gasteiger charge is 2.76. The summed E-state index contributed by atoms with van der Waals surface area (Å²) in [5, 5.41) is 33.8. The Kier molecular flexibility index (Phi) is 5.08. The van der Waals surface area contributed by atoms with Crippen LogP contribution in [0.1, 0.15) is 29.2 Å². The van der Waals surface area contributed by atoms with Crippen molar-refractivity contribution in [2.45, 2.75) is 29.6 Å². The number of aliphatic carboxylic acids is 1. The molecule has 0 spiro atoms. The number of carbonyl (C=O) groups is 1. The molecule has 0 radical (unpaired) electrons. The summed E-state index contributed by atoms with van der Waals surface area (Å²) < 4.78 is 11.8. The van der Waals surface area contributed by atoms with E-state index in [0.29, 0.717) is 16.3 Å². The number of halogens is 1. The molecule has 8 heteroatoms. The van der Waals surface area contributed by atoms with Crippen molar-refractivity contribution in [2.75, 3.05) is 7.11 Å². The summed E-state index contributed by atoms with van der Waals surface area (Å²) >= 11 is 6.16. The summed E-state index contributed by atoms with van der Waals surface area (Å²) in [6.07, 6.45) is -0.468. The van der Waals surface area contributed by atoms with Crippen molar-refractivity contribution in [1.82, 2.24) is 4.98 Å². The molecular weight excluding hydrogens is 446 g/mol. The minimum Gasteiger partial charge on any atom is -0.497 e. The Balaban J connectivity index is 1.83. The number of carboxylic acid groups (broad SMARTS) is 1. The summed E-state index contributed by atoms with van der Waals surface area (Å²) in [6.45, 7) is 0. The first-order valence-electron chi connectivity index (χ1n) is 10.5. The highest BCUT2D eigenvalue weighted by atomic mass is 35.5. The van der Waals surface area contributed by atoms with Gasteiger partial charge < -0.3 is 24.8 Å². The van der Waals surface area contributed by atoms with Crippen LogP contribution in [0.25, 0.3) is 0 Å². The molecule has 1 aliphatic carbocycles. The van der Waals surface area contributed by atoms with E-state index < -0.39 is 35.1 Å². The van der Waals surface area contributed by atoms with E-state index in [0.717, 1.165) is 5.56 Å². The second-order valence-electron chi connectivity index (χ2n) is 8.43. The Hall–Kier alpha value is -3.13. The molecule has 0 saturated heterocycles. The summed E-state index contributed by atoms with van der Waals surface area (Å²) in [5.41, 5.74) is -2.17. The smallest absolute Gasteiger partial charge is 0.303 e. The highest BCUT2D eigenvalue weighted by Crippen LogP contribution is 2.68. The molecule has 7 nitrogen and oxygen atoms in total. The maximum Gasteiger partial charge on any atom is 0.303 e. The zero-order valence-electron chi connectivity index (χ0n) is 17.7. The summed E-state index contributed by atoms with van der Waals surface area (Å²) in [4.78, 5) is 16.2. The lowest BCUT2D eigenvalue weighted by atomic mass is 9.71. The van der Waals surface area contributed by atoms with Crippen molar-refractivity contribution < 1.29 is 29.6 Å². The average molecular weight is 468 g/mol. The quantitative estimate of drug-likeness (QED) is 0.527. The largest absolute Gasteiger partial charge is 0.497 e. The first-order chi connectivity index (χ1) is 15.8. The second kappa shape index (κ2) is 7.73. The van der Waals surface area contributed by atoms with Gasteiger partial charge in [0.1, 0.15) is 17.2 Å². The topological polar surface area (TPSA) is 109 Å². The van der Waals surface area contributed by atoms with Crippen LogP contribution in [0.4, 0.5) is 0 Å². The van der Waals surface area contributed by atoms with E-state index in [2.05, 4.69) is 4.98 Å². The van der Waals surface area contributed by atoms with Crippen molar-refractivity contribution in [2.24, 2.45) is 5.92 Å². The van der Waals surface area contributed by atoms with E-state index in [-0.39, 0.29) is 17.9 Å². The fraction of sp³-hybridized carbons (Fsp3) is 0.280. The van der Waals surface area contributed by atoms with E-state index >= 15 is 0 Å². The van der Waals surface area contributed by atoms with Gasteiger partial charge in [0.15, 0.2) is 11.2 Å². The molecular formula is C25H22ClNO6. The number of fused-ring (bicyclic) bond motifs is 3. The third-order valence-electron chi connectivity index (χ3n) is 6.81. The lowest BCUT2D eigenvalue weighted by molar-refractivity contribution is -0.155. The van der Waals surface area contributed by atoms with Gasteiger partial charge in [-0.25, -0.2) is 0 Å². The molecule has 33 heavy (non-hydrogen) atoms. The maximum absolute atomic E-state index is 12.3. The fourth-order valence-corrected chi connectivity index (χ4v) is 5.68. The van der Waals surface area contributed by atoms with Crippen LogP contribution in [-0.4, -0.2) is 39.5 Å². The Bertz CT molecular complexity index is 1200. The molecule has 1 fully saturated rings. The average Bonchev–Trinajstić information content (AvgIpc) is 3.17. The standard InChI is InChI=1S/C25H22ClNO6/c1-32-17-9-7-15(8-10-17)25-21(14-5-3-2-4-6-14)18(12-20(28)29)23(30)24(25,31)22-19(33-25)11-16(26)13-27-22/h2-11,13,18,21,23,30-31H,12H2,1H3,(H,28,29)/t18-,21-,23-,24+,25+/m1/s1. The van der Waals surface area contributed by atoms with E-state index in [4.69, 9.17) is 21.1 Å². The minimum atomic E-state index is -2.03. The number of aromatic nitrogens is 1. The summed E-state index contributed by atoms with van der Waals surface area (Å²) in [6, 6.07) is 17.7. The number of carboxylic acids is 1. The molecule has 2 heterocycles. The van der Waals surface area contributed by atoms with Crippen molar-refractivity contribution in [1.29, 1.82) is 0 Å². The molecule has 3 aromatic rings. The van der Waals surface area contributed by atoms with Gasteiger partial charge in [0.05, 0.1) is 24.7 Å². The molecule has 0 amide bonds. The van der Waals surface area contributed by atoms with E-state index in [1.165, 1.54) is 6.20 Å². The van der Waals surface area contributed by atoms with Crippen LogP contribution in [0.2, 0.25) is 5.02 Å². The number of ether oxygens (including phenoxy) is 2. The van der Waals surface area contributed by atoms with Crippen molar-refractivity contribution in [3.05, 3.63) is 88.7 Å². The van der Waals surface area contributed by atoms with Crippen LogP contribution >= 0.6 is 11.6 Å². The van der Waals surface area contributed by atoms with Crippen LogP contribution in [0, 0.1) is 5.92 Å². The summed E-state index contributed by atoms with van der Waals surface area (Å²) in [5.74, 6) is -1.81. The monoisotopic (exact) mass is 467 g/mol. The van der Waals surface area contributed by atoms with Gasteiger partial charge in [-0.05, 0) is 23.3 Å². The Morgan fingerprint density at radius 3 is 2.52 bits per heavy atom. The van der Waals surface area contributed by atoms with E-state index in [1.807, 2.05) is 30.3 Å². The van der Waals surface area contributed by atoms with E-state index in [9.17, 15) is 20.1 Å². The highest BCUT2D eigenvalue weighted by molar-refractivity contribution is 6.30. The zero-order chi connectivity index (χ0) is 23.4. The van der Waals surface area contributed by atoms with Gasteiger partial charge >= 0.3 is 5.97 Å². The number of benzene rings is 2. The molecule has 2 aromatic carbocycles. The second-order valence-corrected chi connectivity index (χ2v) is 8.86. The molecule has 170 valence electrons. The van der Waals surface area contributed by atoms with Crippen molar-refractivity contribution in [3.63, 3.8) is 0 Å². The number of nitrogens with zero attached hydrogens (tertiary/aromatic N) is 1. The molecule has 0 bridgehead atoms. The van der Waals surface area contributed by atoms with Crippen LogP contribution in [0.15, 0.2) is 66.9 Å². The van der Waals surface area contributed by atoms with Gasteiger partial charge in [-0.1, -0.05) is 54.1 Å². The van der Waals surface area contributed by atoms with Crippen LogP contribution in [0.3, 0.4) is 0 Å². The SMILES string of the molecule is COc1ccc([C@@]23Oc4cc(Cl)cnc4[C@]2(O)[C@H](O)[C@H](CC(=O)O)[C@H]3c2ccccc2)cc1. The molecule has 2 aliphatic rings. The predicted molar refractivity (Wildman–Crippen MR) is 119 cm³/mol. The first-order valence-corrected chi connectivity index (χ1v) is 10.9. The number of aliphatic hydroxyl groups is 2. The number of rotatable bonds is 5. The number of aliphatic hydroxyl groups excluding tert-OH is 1. The molecule has 5 atom stereocenters. The van der Waals surface area contributed by atoms with Crippen molar-refractivity contribution in [3.8, 4) is 11.5 Å². The Morgan fingerprint density at radius 2 is 1.88 bits per heavy atom. The fourth-order valence-electron chi connectivity index (χ4n) is 5.54. The minimum absolute atomic E-state index is 0.129. The number of hydrogen-bond donors (Lipinski definition) is 3. The normalized spacial score (nSPS) is 29.8. The number of methoxy groups -OCH3 is 1. The first kappa shape index (κ1) is 21.7. The number of hydrogen-bond acceptors (Lipinski definition) is 6. The number of pyridine rings is 1. The molecule has 1 aliphatic heterocycles.